The van der Waals surface area contributed by atoms with Gasteiger partial charge in [0.15, 0.2) is 0 Å². The van der Waals surface area contributed by atoms with E-state index in [1.807, 2.05) is 39.0 Å². The van der Waals surface area contributed by atoms with Crippen molar-refractivity contribution in [2.24, 2.45) is 5.92 Å². The Morgan fingerprint density at radius 2 is 1.46 bits per heavy atom. The number of amides is 2. The highest BCUT2D eigenvalue weighted by molar-refractivity contribution is 6.05. The Kier molecular flexibility index (Phi) is 6.56. The van der Waals surface area contributed by atoms with Gasteiger partial charge in [0.2, 0.25) is 0 Å². The number of aryl methyl sites for hydroxylation is 1. The van der Waals surface area contributed by atoms with Crippen LogP contribution in [0, 0.1) is 12.8 Å². The molecule has 2 amide bonds. The molecule has 0 aliphatic rings. The zero-order chi connectivity index (χ0) is 19.3. The highest BCUT2D eigenvalue weighted by Gasteiger charge is 2.14. The topological polar surface area (TPSA) is 58.2 Å². The first-order chi connectivity index (χ1) is 12.3. The van der Waals surface area contributed by atoms with E-state index >= 15 is 0 Å². The molecule has 2 rings (SSSR count). The number of hydrogen-bond acceptors (Lipinski definition) is 2. The molecule has 2 N–H and O–H groups in total. The van der Waals surface area contributed by atoms with Crippen LogP contribution in [-0.2, 0) is 0 Å². The molecule has 0 atom stereocenters. The van der Waals surface area contributed by atoms with E-state index in [9.17, 15) is 9.59 Å². The number of para-hydroxylation sites is 1. The Morgan fingerprint density at radius 1 is 0.885 bits per heavy atom. The van der Waals surface area contributed by atoms with Crippen LogP contribution in [0.25, 0.3) is 0 Å². The van der Waals surface area contributed by atoms with Crippen molar-refractivity contribution in [3.63, 3.8) is 0 Å². The molecule has 0 aliphatic heterocycles. The van der Waals surface area contributed by atoms with Crippen LogP contribution in [0.1, 0.15) is 65.5 Å². The van der Waals surface area contributed by atoms with Gasteiger partial charge in [0.25, 0.3) is 11.8 Å². The lowest BCUT2D eigenvalue weighted by Gasteiger charge is -2.16. The average molecular weight is 352 g/mol. The Hall–Kier alpha value is -2.62. The van der Waals surface area contributed by atoms with E-state index in [0.29, 0.717) is 29.5 Å². The highest BCUT2D eigenvalue weighted by Crippen LogP contribution is 2.27. The standard InChI is InChI=1S/C22H28N2O2/c1-14(2)13-23-21(25)17-9-11-18(12-10-17)22(26)24-20-16(5)7-6-8-19(20)15(3)4/h6-12,14-15H,13H2,1-5H3,(H,23,25)(H,24,26). The van der Waals surface area contributed by atoms with Crippen LogP contribution in [0.2, 0.25) is 0 Å². The predicted molar refractivity (Wildman–Crippen MR) is 107 cm³/mol. The van der Waals surface area contributed by atoms with Crippen molar-refractivity contribution in [2.75, 3.05) is 11.9 Å². The van der Waals surface area contributed by atoms with Gasteiger partial charge in [-0.15, -0.1) is 0 Å². The molecule has 2 aromatic carbocycles. The van der Waals surface area contributed by atoms with Gasteiger partial charge >= 0.3 is 0 Å². The summed E-state index contributed by atoms with van der Waals surface area (Å²) in [5, 5.41) is 5.90. The summed E-state index contributed by atoms with van der Waals surface area (Å²) in [7, 11) is 0. The second-order valence-electron chi connectivity index (χ2n) is 7.33. The van der Waals surface area contributed by atoms with E-state index in [4.69, 9.17) is 0 Å². The number of anilines is 1. The number of hydrogen-bond donors (Lipinski definition) is 2. The number of rotatable bonds is 6. The summed E-state index contributed by atoms with van der Waals surface area (Å²) in [6, 6.07) is 12.8. The van der Waals surface area contributed by atoms with Gasteiger partial charge in [0.1, 0.15) is 0 Å². The fourth-order valence-electron chi connectivity index (χ4n) is 2.70. The summed E-state index contributed by atoms with van der Waals surface area (Å²) in [6.45, 7) is 10.9. The number of carbonyl (C=O) groups is 2. The molecular formula is C22H28N2O2. The molecule has 0 bridgehead atoms. The lowest BCUT2D eigenvalue weighted by molar-refractivity contribution is 0.0947. The monoisotopic (exact) mass is 352 g/mol. The minimum absolute atomic E-state index is 0.119. The Balaban J connectivity index is 2.13. The van der Waals surface area contributed by atoms with Crippen molar-refractivity contribution in [1.82, 2.24) is 5.32 Å². The van der Waals surface area contributed by atoms with Crippen molar-refractivity contribution < 1.29 is 9.59 Å². The largest absolute Gasteiger partial charge is 0.352 e. The molecule has 0 saturated carbocycles. The molecule has 138 valence electrons. The van der Waals surface area contributed by atoms with Crippen LogP contribution in [0.15, 0.2) is 42.5 Å². The normalized spacial score (nSPS) is 10.9. The third-order valence-corrected chi connectivity index (χ3v) is 4.25. The van der Waals surface area contributed by atoms with Crippen LogP contribution in [0.5, 0.6) is 0 Å². The van der Waals surface area contributed by atoms with E-state index in [2.05, 4.69) is 24.5 Å². The van der Waals surface area contributed by atoms with Crippen LogP contribution in [-0.4, -0.2) is 18.4 Å². The third-order valence-electron chi connectivity index (χ3n) is 4.25. The molecule has 0 radical (unpaired) electrons. The Morgan fingerprint density at radius 3 is 2.00 bits per heavy atom. The summed E-state index contributed by atoms with van der Waals surface area (Å²) in [4.78, 5) is 24.7. The minimum atomic E-state index is -0.171. The van der Waals surface area contributed by atoms with Gasteiger partial charge < -0.3 is 10.6 Å². The van der Waals surface area contributed by atoms with Gasteiger partial charge in [0, 0.05) is 23.4 Å². The lowest BCUT2D eigenvalue weighted by Crippen LogP contribution is -2.27. The van der Waals surface area contributed by atoms with Crippen LogP contribution in [0.3, 0.4) is 0 Å². The molecule has 0 spiro atoms. The van der Waals surface area contributed by atoms with Crippen molar-refractivity contribution >= 4 is 17.5 Å². The molecule has 0 aromatic heterocycles. The Bertz CT molecular complexity index is 777. The van der Waals surface area contributed by atoms with Crippen molar-refractivity contribution in [3.05, 3.63) is 64.7 Å². The molecule has 4 nitrogen and oxygen atoms in total. The van der Waals surface area contributed by atoms with Gasteiger partial charge in [-0.3, -0.25) is 9.59 Å². The SMILES string of the molecule is Cc1cccc(C(C)C)c1NC(=O)c1ccc(C(=O)NCC(C)C)cc1. The van der Waals surface area contributed by atoms with E-state index in [1.54, 1.807) is 24.3 Å². The van der Waals surface area contributed by atoms with Gasteiger partial charge in [-0.1, -0.05) is 45.9 Å². The van der Waals surface area contributed by atoms with Gasteiger partial charge in [-0.2, -0.15) is 0 Å². The number of nitrogens with one attached hydrogen (secondary N) is 2. The molecule has 2 aromatic rings. The van der Waals surface area contributed by atoms with Crippen LogP contribution >= 0.6 is 0 Å². The third kappa shape index (κ3) is 4.94. The number of carbonyl (C=O) groups excluding carboxylic acids is 2. The molecule has 0 aliphatic carbocycles. The van der Waals surface area contributed by atoms with E-state index in [1.165, 1.54) is 0 Å². The Labute approximate surface area is 156 Å². The first-order valence-corrected chi connectivity index (χ1v) is 9.08. The average Bonchev–Trinajstić information content (AvgIpc) is 2.61. The maximum Gasteiger partial charge on any atom is 0.255 e. The summed E-state index contributed by atoms with van der Waals surface area (Å²) >= 11 is 0. The second-order valence-corrected chi connectivity index (χ2v) is 7.33. The molecule has 4 heteroatoms. The molecule has 0 saturated heterocycles. The quantitative estimate of drug-likeness (QED) is 0.788. The summed E-state index contributed by atoms with van der Waals surface area (Å²) in [5.41, 5.74) is 4.10. The van der Waals surface area contributed by atoms with Gasteiger partial charge in [-0.25, -0.2) is 0 Å². The summed E-state index contributed by atoms with van der Waals surface area (Å²) in [6.07, 6.45) is 0. The minimum Gasteiger partial charge on any atom is -0.352 e. The van der Waals surface area contributed by atoms with Crippen molar-refractivity contribution in [3.8, 4) is 0 Å². The first-order valence-electron chi connectivity index (χ1n) is 9.08. The number of benzene rings is 2. The summed E-state index contributed by atoms with van der Waals surface area (Å²) < 4.78 is 0. The smallest absolute Gasteiger partial charge is 0.255 e. The molecule has 0 unspecified atom stereocenters. The first kappa shape index (κ1) is 19.7. The molecule has 0 fully saturated rings. The zero-order valence-corrected chi connectivity index (χ0v) is 16.2. The van der Waals surface area contributed by atoms with Gasteiger partial charge in [-0.05, 0) is 54.2 Å². The van der Waals surface area contributed by atoms with E-state index in [-0.39, 0.29) is 11.8 Å². The molecular weight excluding hydrogens is 324 g/mol. The fraction of sp³-hybridized carbons (Fsp3) is 0.364. The maximum absolute atomic E-state index is 12.6. The maximum atomic E-state index is 12.6. The van der Waals surface area contributed by atoms with Crippen molar-refractivity contribution in [2.45, 2.75) is 40.5 Å². The zero-order valence-electron chi connectivity index (χ0n) is 16.2. The van der Waals surface area contributed by atoms with Crippen LogP contribution in [0.4, 0.5) is 5.69 Å². The molecule has 26 heavy (non-hydrogen) atoms. The second kappa shape index (κ2) is 8.65. The highest BCUT2D eigenvalue weighted by atomic mass is 16.2. The lowest BCUT2D eigenvalue weighted by atomic mass is 9.98. The van der Waals surface area contributed by atoms with Gasteiger partial charge in [0.05, 0.1) is 0 Å². The van der Waals surface area contributed by atoms with Crippen molar-refractivity contribution in [1.29, 1.82) is 0 Å². The molecule has 0 heterocycles. The summed E-state index contributed by atoms with van der Waals surface area (Å²) in [5.74, 6) is 0.424. The van der Waals surface area contributed by atoms with E-state index < -0.39 is 0 Å². The van der Waals surface area contributed by atoms with Crippen LogP contribution < -0.4 is 10.6 Å². The van der Waals surface area contributed by atoms with E-state index in [0.717, 1.165) is 16.8 Å². The predicted octanol–water partition coefficient (Wildman–Crippen LogP) is 4.76. The fourth-order valence-corrected chi connectivity index (χ4v) is 2.70.